The zero-order valence-corrected chi connectivity index (χ0v) is 13.3. The summed E-state index contributed by atoms with van der Waals surface area (Å²) < 4.78 is 23.7. The van der Waals surface area contributed by atoms with Crippen molar-refractivity contribution in [1.29, 1.82) is 0 Å². The van der Waals surface area contributed by atoms with Crippen LogP contribution in [-0.2, 0) is 14.3 Å². The highest BCUT2D eigenvalue weighted by molar-refractivity contribution is 5.78. The third kappa shape index (κ3) is 4.94. The van der Waals surface area contributed by atoms with Crippen molar-refractivity contribution >= 4 is 11.9 Å². The number of esters is 1. The highest BCUT2D eigenvalue weighted by atomic mass is 19.1. The molecule has 1 atom stereocenters. The number of halogens is 1. The lowest BCUT2D eigenvalue weighted by Crippen LogP contribution is -2.43. The summed E-state index contributed by atoms with van der Waals surface area (Å²) in [5.74, 6) is -0.883. The van der Waals surface area contributed by atoms with E-state index in [0.29, 0.717) is 19.7 Å². The van der Waals surface area contributed by atoms with Crippen molar-refractivity contribution in [3.05, 3.63) is 30.1 Å². The summed E-state index contributed by atoms with van der Waals surface area (Å²) in [6.45, 7) is 3.25. The Morgan fingerprint density at radius 1 is 1.35 bits per heavy atom. The van der Waals surface area contributed by atoms with Gasteiger partial charge < -0.3 is 14.4 Å². The molecule has 5 nitrogen and oxygen atoms in total. The van der Waals surface area contributed by atoms with Gasteiger partial charge in [0.15, 0.2) is 11.6 Å². The molecule has 0 saturated carbocycles. The Bertz CT molecular complexity index is 549. The second-order valence-corrected chi connectivity index (χ2v) is 5.46. The van der Waals surface area contributed by atoms with Gasteiger partial charge >= 0.3 is 5.97 Å². The molecule has 1 heterocycles. The number of rotatable bonds is 6. The third-order valence-electron chi connectivity index (χ3n) is 3.80. The smallest absolute Gasteiger partial charge is 0.310 e. The number of likely N-dealkylation sites (tertiary alicyclic amines) is 1. The van der Waals surface area contributed by atoms with Crippen molar-refractivity contribution in [3.63, 3.8) is 0 Å². The predicted octanol–water partition coefficient (Wildman–Crippen LogP) is 2.40. The molecule has 1 aromatic rings. The van der Waals surface area contributed by atoms with Crippen molar-refractivity contribution in [2.24, 2.45) is 5.92 Å². The van der Waals surface area contributed by atoms with Gasteiger partial charge in [-0.2, -0.15) is 0 Å². The summed E-state index contributed by atoms with van der Waals surface area (Å²) in [4.78, 5) is 25.6. The summed E-state index contributed by atoms with van der Waals surface area (Å²) >= 11 is 0. The van der Waals surface area contributed by atoms with Gasteiger partial charge in [-0.1, -0.05) is 12.1 Å². The van der Waals surface area contributed by atoms with Gasteiger partial charge in [-0.25, -0.2) is 4.39 Å². The molecular formula is C17H22FNO4. The normalized spacial score (nSPS) is 17.7. The summed E-state index contributed by atoms with van der Waals surface area (Å²) in [5, 5.41) is 0. The summed E-state index contributed by atoms with van der Waals surface area (Å²) in [5.41, 5.74) is 0. The van der Waals surface area contributed by atoms with Gasteiger partial charge in [-0.05, 0) is 31.9 Å². The molecule has 1 saturated heterocycles. The molecule has 0 N–H and O–H groups in total. The van der Waals surface area contributed by atoms with Crippen LogP contribution in [0, 0.1) is 11.7 Å². The minimum atomic E-state index is -0.444. The van der Waals surface area contributed by atoms with Crippen molar-refractivity contribution < 1.29 is 23.5 Å². The first-order chi connectivity index (χ1) is 11.1. The largest absolute Gasteiger partial charge is 0.490 e. The molecule has 126 valence electrons. The van der Waals surface area contributed by atoms with Gasteiger partial charge in [0.1, 0.15) is 0 Å². The van der Waals surface area contributed by atoms with Crippen molar-refractivity contribution in [3.8, 4) is 5.75 Å². The van der Waals surface area contributed by atoms with Gasteiger partial charge in [0.05, 0.1) is 25.6 Å². The first-order valence-electron chi connectivity index (χ1n) is 7.93. The van der Waals surface area contributed by atoms with E-state index in [0.717, 1.165) is 12.8 Å². The van der Waals surface area contributed by atoms with E-state index in [1.807, 2.05) is 0 Å². The van der Waals surface area contributed by atoms with Crippen molar-refractivity contribution in [1.82, 2.24) is 4.90 Å². The van der Waals surface area contributed by atoms with Crippen LogP contribution in [0.4, 0.5) is 4.39 Å². The fraction of sp³-hybridized carbons (Fsp3) is 0.529. The fourth-order valence-corrected chi connectivity index (χ4v) is 2.62. The van der Waals surface area contributed by atoms with E-state index in [2.05, 4.69) is 0 Å². The number of amides is 1. The molecule has 1 aromatic carbocycles. The van der Waals surface area contributed by atoms with E-state index in [9.17, 15) is 14.0 Å². The number of hydrogen-bond acceptors (Lipinski definition) is 4. The Labute approximate surface area is 135 Å². The van der Waals surface area contributed by atoms with Gasteiger partial charge in [-0.15, -0.1) is 0 Å². The molecule has 6 heteroatoms. The predicted molar refractivity (Wildman–Crippen MR) is 82.4 cm³/mol. The van der Waals surface area contributed by atoms with Crippen molar-refractivity contribution in [2.75, 3.05) is 26.3 Å². The monoisotopic (exact) mass is 323 g/mol. The van der Waals surface area contributed by atoms with E-state index in [-0.39, 0.29) is 36.6 Å². The summed E-state index contributed by atoms with van der Waals surface area (Å²) in [7, 11) is 0. The first kappa shape index (κ1) is 17.2. The summed E-state index contributed by atoms with van der Waals surface area (Å²) in [6.07, 6.45) is 1.68. The number of para-hydroxylation sites is 1. The SMILES string of the molecule is CCOC(=O)C1CCCN(C(=O)CCOc2ccccc2F)C1. The fourth-order valence-electron chi connectivity index (χ4n) is 2.62. The van der Waals surface area contributed by atoms with E-state index in [1.165, 1.54) is 12.1 Å². The number of piperidine rings is 1. The molecule has 0 aromatic heterocycles. The summed E-state index contributed by atoms with van der Waals surface area (Å²) in [6, 6.07) is 6.09. The molecule has 2 rings (SSSR count). The average molecular weight is 323 g/mol. The molecule has 1 unspecified atom stereocenters. The molecular weight excluding hydrogens is 301 g/mol. The van der Waals surface area contributed by atoms with Crippen LogP contribution < -0.4 is 4.74 Å². The maximum absolute atomic E-state index is 13.4. The standard InChI is InChI=1S/C17H22FNO4/c1-2-22-17(21)13-6-5-10-19(12-13)16(20)9-11-23-15-8-4-3-7-14(15)18/h3-4,7-8,13H,2,5-6,9-12H2,1H3. The van der Waals surface area contributed by atoms with Crippen LogP contribution in [-0.4, -0.2) is 43.1 Å². The second kappa shape index (κ2) is 8.50. The number of carbonyl (C=O) groups is 2. The number of carbonyl (C=O) groups excluding carboxylic acids is 2. The zero-order chi connectivity index (χ0) is 16.7. The second-order valence-electron chi connectivity index (χ2n) is 5.46. The molecule has 0 spiro atoms. The Balaban J connectivity index is 1.79. The van der Waals surface area contributed by atoms with E-state index < -0.39 is 5.82 Å². The van der Waals surface area contributed by atoms with E-state index in [1.54, 1.807) is 24.0 Å². The molecule has 0 aliphatic carbocycles. The molecule has 0 radical (unpaired) electrons. The Morgan fingerprint density at radius 2 is 2.13 bits per heavy atom. The van der Waals surface area contributed by atoms with Crippen LogP contribution in [0.25, 0.3) is 0 Å². The molecule has 1 aliphatic heterocycles. The van der Waals surface area contributed by atoms with Crippen LogP contribution in [0.1, 0.15) is 26.2 Å². The number of nitrogens with zero attached hydrogens (tertiary/aromatic N) is 1. The van der Waals surface area contributed by atoms with Gasteiger partial charge in [0.25, 0.3) is 0 Å². The van der Waals surface area contributed by atoms with Crippen LogP contribution in [0.3, 0.4) is 0 Å². The average Bonchev–Trinajstić information content (AvgIpc) is 2.57. The zero-order valence-electron chi connectivity index (χ0n) is 13.3. The van der Waals surface area contributed by atoms with E-state index in [4.69, 9.17) is 9.47 Å². The number of benzene rings is 1. The van der Waals surface area contributed by atoms with Crippen LogP contribution >= 0.6 is 0 Å². The highest BCUT2D eigenvalue weighted by Gasteiger charge is 2.29. The molecule has 1 amide bonds. The topological polar surface area (TPSA) is 55.8 Å². The van der Waals surface area contributed by atoms with Crippen LogP contribution in [0.5, 0.6) is 5.75 Å². The van der Waals surface area contributed by atoms with Crippen LogP contribution in [0.15, 0.2) is 24.3 Å². The van der Waals surface area contributed by atoms with Gasteiger partial charge in [0, 0.05) is 13.1 Å². The first-order valence-corrected chi connectivity index (χ1v) is 7.93. The van der Waals surface area contributed by atoms with Crippen LogP contribution in [0.2, 0.25) is 0 Å². The number of ether oxygens (including phenoxy) is 2. The maximum atomic E-state index is 13.4. The third-order valence-corrected chi connectivity index (χ3v) is 3.80. The molecule has 1 fully saturated rings. The quantitative estimate of drug-likeness (QED) is 0.754. The van der Waals surface area contributed by atoms with Gasteiger partial charge in [-0.3, -0.25) is 9.59 Å². The highest BCUT2D eigenvalue weighted by Crippen LogP contribution is 2.19. The Kier molecular flexibility index (Phi) is 6.38. The maximum Gasteiger partial charge on any atom is 0.310 e. The lowest BCUT2D eigenvalue weighted by Gasteiger charge is -2.31. The molecule has 0 bridgehead atoms. The van der Waals surface area contributed by atoms with Gasteiger partial charge in [0.2, 0.25) is 5.91 Å². The Morgan fingerprint density at radius 3 is 2.87 bits per heavy atom. The number of hydrogen-bond donors (Lipinski definition) is 0. The minimum absolute atomic E-state index is 0.0877. The molecule has 1 aliphatic rings. The lowest BCUT2D eigenvalue weighted by atomic mass is 9.98. The van der Waals surface area contributed by atoms with E-state index >= 15 is 0 Å². The Hall–Kier alpha value is -2.11. The molecule has 23 heavy (non-hydrogen) atoms. The minimum Gasteiger partial charge on any atom is -0.490 e. The van der Waals surface area contributed by atoms with Crippen molar-refractivity contribution in [2.45, 2.75) is 26.2 Å². The lowest BCUT2D eigenvalue weighted by molar-refractivity contribution is -0.151.